The smallest absolute Gasteiger partial charge is 0.0236 e. The topological polar surface area (TPSA) is 15.3 Å². The number of nitrogens with one attached hydrogen (secondary N) is 1. The molecule has 17 heavy (non-hydrogen) atoms. The summed E-state index contributed by atoms with van der Waals surface area (Å²) in [4.78, 5) is 2.59. The standard InChI is InChI=1S/C15H24N2/c1-3-17(12-14-7-5-4-6-8-14)13(2)15-9-10-16-11-15/h4-8,13,15-16H,3,9-12H2,1-2H3. The lowest BCUT2D eigenvalue weighted by Crippen LogP contribution is -2.38. The Hall–Kier alpha value is -0.860. The summed E-state index contributed by atoms with van der Waals surface area (Å²) in [5, 5.41) is 3.47. The Labute approximate surface area is 105 Å². The lowest BCUT2D eigenvalue weighted by atomic mass is 9.98. The molecule has 2 atom stereocenters. The highest BCUT2D eigenvalue weighted by Crippen LogP contribution is 2.19. The largest absolute Gasteiger partial charge is 0.316 e. The molecular formula is C15H24N2. The molecule has 1 saturated heterocycles. The maximum atomic E-state index is 3.47. The molecule has 0 amide bonds. The van der Waals surface area contributed by atoms with Crippen LogP contribution in [0.3, 0.4) is 0 Å². The summed E-state index contributed by atoms with van der Waals surface area (Å²) >= 11 is 0. The Morgan fingerprint density at radius 3 is 2.71 bits per heavy atom. The first-order chi connectivity index (χ1) is 8.31. The Morgan fingerprint density at radius 1 is 1.35 bits per heavy atom. The molecular weight excluding hydrogens is 208 g/mol. The van der Waals surface area contributed by atoms with E-state index in [1.807, 2.05) is 0 Å². The number of rotatable bonds is 5. The minimum atomic E-state index is 0.676. The van der Waals surface area contributed by atoms with Gasteiger partial charge in [-0.2, -0.15) is 0 Å². The van der Waals surface area contributed by atoms with Gasteiger partial charge in [0.15, 0.2) is 0 Å². The first kappa shape index (κ1) is 12.6. The summed E-state index contributed by atoms with van der Waals surface area (Å²) in [5.74, 6) is 0.818. The summed E-state index contributed by atoms with van der Waals surface area (Å²) in [7, 11) is 0. The molecule has 0 bridgehead atoms. The van der Waals surface area contributed by atoms with Crippen molar-refractivity contribution >= 4 is 0 Å². The summed E-state index contributed by atoms with van der Waals surface area (Å²) < 4.78 is 0. The fourth-order valence-electron chi connectivity index (χ4n) is 2.75. The number of benzene rings is 1. The lowest BCUT2D eigenvalue weighted by Gasteiger charge is -2.32. The van der Waals surface area contributed by atoms with Gasteiger partial charge in [0, 0.05) is 12.6 Å². The molecule has 0 aromatic heterocycles. The van der Waals surface area contributed by atoms with Crippen LogP contribution in [-0.2, 0) is 6.54 Å². The van der Waals surface area contributed by atoms with E-state index in [1.165, 1.54) is 25.1 Å². The van der Waals surface area contributed by atoms with Crippen LogP contribution in [0.4, 0.5) is 0 Å². The average Bonchev–Trinajstić information content (AvgIpc) is 2.90. The molecule has 2 heteroatoms. The maximum absolute atomic E-state index is 3.47. The van der Waals surface area contributed by atoms with E-state index in [0.717, 1.165) is 19.0 Å². The summed E-state index contributed by atoms with van der Waals surface area (Å²) in [6, 6.07) is 11.5. The van der Waals surface area contributed by atoms with E-state index >= 15 is 0 Å². The highest BCUT2D eigenvalue weighted by atomic mass is 15.2. The first-order valence-electron chi connectivity index (χ1n) is 6.80. The van der Waals surface area contributed by atoms with Gasteiger partial charge in [-0.05, 0) is 44.5 Å². The van der Waals surface area contributed by atoms with Crippen LogP contribution < -0.4 is 5.32 Å². The number of nitrogens with zero attached hydrogens (tertiary/aromatic N) is 1. The SMILES string of the molecule is CCN(Cc1ccccc1)C(C)C1CCNC1. The zero-order chi connectivity index (χ0) is 12.1. The third kappa shape index (κ3) is 3.30. The van der Waals surface area contributed by atoms with Crippen LogP contribution in [0.1, 0.15) is 25.8 Å². The predicted octanol–water partition coefficient (Wildman–Crippen LogP) is 2.51. The molecule has 0 aliphatic carbocycles. The van der Waals surface area contributed by atoms with Gasteiger partial charge < -0.3 is 5.32 Å². The maximum Gasteiger partial charge on any atom is 0.0236 e. The van der Waals surface area contributed by atoms with Gasteiger partial charge in [-0.15, -0.1) is 0 Å². The summed E-state index contributed by atoms with van der Waals surface area (Å²) in [6.45, 7) is 9.23. The average molecular weight is 232 g/mol. The Balaban J connectivity index is 1.96. The number of hydrogen-bond donors (Lipinski definition) is 1. The van der Waals surface area contributed by atoms with Crippen molar-refractivity contribution in [3.63, 3.8) is 0 Å². The fraction of sp³-hybridized carbons (Fsp3) is 0.600. The zero-order valence-corrected chi connectivity index (χ0v) is 11.0. The quantitative estimate of drug-likeness (QED) is 0.839. The van der Waals surface area contributed by atoms with Crippen molar-refractivity contribution < 1.29 is 0 Å². The van der Waals surface area contributed by atoms with Crippen LogP contribution in [-0.4, -0.2) is 30.6 Å². The van der Waals surface area contributed by atoms with Gasteiger partial charge in [-0.3, -0.25) is 4.90 Å². The molecule has 0 saturated carbocycles. The van der Waals surface area contributed by atoms with Gasteiger partial charge in [0.05, 0.1) is 0 Å². The second kappa shape index (κ2) is 6.18. The predicted molar refractivity (Wildman–Crippen MR) is 73.0 cm³/mol. The van der Waals surface area contributed by atoms with E-state index in [-0.39, 0.29) is 0 Å². The van der Waals surface area contributed by atoms with Crippen molar-refractivity contribution in [3.05, 3.63) is 35.9 Å². The molecule has 1 aromatic carbocycles. The van der Waals surface area contributed by atoms with Gasteiger partial charge in [-0.25, -0.2) is 0 Å². The molecule has 0 radical (unpaired) electrons. The Bertz CT molecular complexity index is 317. The summed E-state index contributed by atoms with van der Waals surface area (Å²) in [6.07, 6.45) is 1.33. The van der Waals surface area contributed by atoms with Crippen LogP contribution in [0, 0.1) is 5.92 Å². The number of hydrogen-bond acceptors (Lipinski definition) is 2. The van der Waals surface area contributed by atoms with E-state index in [2.05, 4.69) is 54.4 Å². The van der Waals surface area contributed by atoms with E-state index in [4.69, 9.17) is 0 Å². The molecule has 2 rings (SSSR count). The normalized spacial score (nSPS) is 21.9. The Kier molecular flexibility index (Phi) is 4.57. The lowest BCUT2D eigenvalue weighted by molar-refractivity contribution is 0.161. The molecule has 2 nitrogen and oxygen atoms in total. The highest BCUT2D eigenvalue weighted by molar-refractivity contribution is 5.14. The molecule has 94 valence electrons. The van der Waals surface area contributed by atoms with Crippen molar-refractivity contribution in [2.75, 3.05) is 19.6 Å². The van der Waals surface area contributed by atoms with Gasteiger partial charge in [0.25, 0.3) is 0 Å². The van der Waals surface area contributed by atoms with Crippen molar-refractivity contribution in [3.8, 4) is 0 Å². The van der Waals surface area contributed by atoms with E-state index in [0.29, 0.717) is 6.04 Å². The molecule has 1 aromatic rings. The van der Waals surface area contributed by atoms with Crippen LogP contribution in [0.25, 0.3) is 0 Å². The van der Waals surface area contributed by atoms with E-state index < -0.39 is 0 Å². The van der Waals surface area contributed by atoms with Gasteiger partial charge >= 0.3 is 0 Å². The third-order valence-electron chi connectivity index (χ3n) is 3.99. The minimum absolute atomic E-state index is 0.676. The first-order valence-corrected chi connectivity index (χ1v) is 6.80. The van der Waals surface area contributed by atoms with Crippen molar-refractivity contribution in [1.29, 1.82) is 0 Å². The van der Waals surface area contributed by atoms with E-state index in [1.54, 1.807) is 0 Å². The molecule has 1 aliphatic heterocycles. The van der Waals surface area contributed by atoms with Gasteiger partial charge in [0.1, 0.15) is 0 Å². The van der Waals surface area contributed by atoms with Gasteiger partial charge in [-0.1, -0.05) is 37.3 Å². The van der Waals surface area contributed by atoms with Crippen LogP contribution in [0.5, 0.6) is 0 Å². The zero-order valence-electron chi connectivity index (χ0n) is 11.0. The minimum Gasteiger partial charge on any atom is -0.316 e. The van der Waals surface area contributed by atoms with Crippen molar-refractivity contribution in [2.45, 2.75) is 32.9 Å². The highest BCUT2D eigenvalue weighted by Gasteiger charge is 2.25. The molecule has 2 unspecified atom stereocenters. The molecule has 1 aliphatic rings. The third-order valence-corrected chi connectivity index (χ3v) is 3.99. The second-order valence-electron chi connectivity index (χ2n) is 5.04. The monoisotopic (exact) mass is 232 g/mol. The van der Waals surface area contributed by atoms with E-state index in [9.17, 15) is 0 Å². The molecule has 1 fully saturated rings. The molecule has 1 heterocycles. The molecule has 0 spiro atoms. The van der Waals surface area contributed by atoms with Crippen molar-refractivity contribution in [1.82, 2.24) is 10.2 Å². The van der Waals surface area contributed by atoms with Crippen LogP contribution >= 0.6 is 0 Å². The van der Waals surface area contributed by atoms with Gasteiger partial charge in [0.2, 0.25) is 0 Å². The van der Waals surface area contributed by atoms with Crippen molar-refractivity contribution in [2.24, 2.45) is 5.92 Å². The second-order valence-corrected chi connectivity index (χ2v) is 5.04. The molecule has 1 N–H and O–H groups in total. The van der Waals surface area contributed by atoms with Crippen LogP contribution in [0.15, 0.2) is 30.3 Å². The van der Waals surface area contributed by atoms with Crippen LogP contribution in [0.2, 0.25) is 0 Å². The fourth-order valence-corrected chi connectivity index (χ4v) is 2.75. The summed E-state index contributed by atoms with van der Waals surface area (Å²) in [5.41, 5.74) is 1.42. The Morgan fingerprint density at radius 2 is 2.12 bits per heavy atom.